The van der Waals surface area contributed by atoms with Gasteiger partial charge in [0.2, 0.25) is 5.91 Å². The van der Waals surface area contributed by atoms with Gasteiger partial charge in [0, 0.05) is 49.8 Å². The smallest absolute Gasteiger partial charge is 0.223 e. The molecule has 4 nitrogen and oxygen atoms in total. The van der Waals surface area contributed by atoms with Crippen molar-refractivity contribution in [1.82, 2.24) is 14.7 Å². The summed E-state index contributed by atoms with van der Waals surface area (Å²) in [7, 11) is 1.83. The number of rotatable bonds is 4. The van der Waals surface area contributed by atoms with E-state index in [2.05, 4.69) is 5.10 Å². The Hall–Kier alpha value is -2.95. The average Bonchev–Trinajstić information content (AvgIpc) is 3.24. The van der Waals surface area contributed by atoms with Crippen molar-refractivity contribution in [2.45, 2.75) is 18.9 Å². The van der Waals surface area contributed by atoms with Gasteiger partial charge in [-0.05, 0) is 17.2 Å². The summed E-state index contributed by atoms with van der Waals surface area (Å²) in [4.78, 5) is 14.1. The van der Waals surface area contributed by atoms with Crippen molar-refractivity contribution in [2.75, 3.05) is 6.54 Å². The Morgan fingerprint density at radius 1 is 1.15 bits per heavy atom. The highest BCUT2D eigenvalue weighted by Gasteiger charge is 2.30. The van der Waals surface area contributed by atoms with Gasteiger partial charge in [-0.1, -0.05) is 42.5 Å². The first-order chi connectivity index (χ1) is 12.6. The summed E-state index contributed by atoms with van der Waals surface area (Å²) >= 11 is 0. The van der Waals surface area contributed by atoms with Crippen LogP contribution >= 0.6 is 0 Å². The number of aryl methyl sites for hydroxylation is 1. The van der Waals surface area contributed by atoms with Crippen LogP contribution in [0.5, 0.6) is 0 Å². The molecule has 1 fully saturated rings. The van der Waals surface area contributed by atoms with Gasteiger partial charge in [0.25, 0.3) is 0 Å². The van der Waals surface area contributed by atoms with Gasteiger partial charge in [-0.3, -0.25) is 9.48 Å². The van der Waals surface area contributed by atoms with Crippen LogP contribution < -0.4 is 0 Å². The molecule has 2 aromatic carbocycles. The van der Waals surface area contributed by atoms with E-state index in [9.17, 15) is 9.18 Å². The third kappa shape index (κ3) is 3.25. The molecule has 1 aliphatic rings. The van der Waals surface area contributed by atoms with Gasteiger partial charge >= 0.3 is 0 Å². The summed E-state index contributed by atoms with van der Waals surface area (Å²) < 4.78 is 16.3. The number of benzene rings is 2. The zero-order valence-electron chi connectivity index (χ0n) is 14.6. The zero-order chi connectivity index (χ0) is 18.1. The maximum absolute atomic E-state index is 14.6. The van der Waals surface area contributed by atoms with E-state index in [0.717, 1.165) is 16.7 Å². The lowest BCUT2D eigenvalue weighted by atomic mass is 9.98. The molecule has 3 aromatic rings. The van der Waals surface area contributed by atoms with Crippen molar-refractivity contribution in [3.8, 4) is 11.1 Å². The molecule has 1 aromatic heterocycles. The van der Waals surface area contributed by atoms with E-state index < -0.39 is 0 Å². The maximum Gasteiger partial charge on any atom is 0.223 e. The molecule has 1 atom stereocenters. The molecule has 2 heterocycles. The van der Waals surface area contributed by atoms with E-state index in [1.165, 1.54) is 6.07 Å². The minimum atomic E-state index is -0.290. The van der Waals surface area contributed by atoms with E-state index in [1.54, 1.807) is 21.8 Å². The lowest BCUT2D eigenvalue weighted by Gasteiger charge is -2.17. The highest BCUT2D eigenvalue weighted by Crippen LogP contribution is 2.30. The second kappa shape index (κ2) is 6.75. The summed E-state index contributed by atoms with van der Waals surface area (Å²) in [6, 6.07) is 15.2. The van der Waals surface area contributed by atoms with Crippen LogP contribution in [0, 0.1) is 5.82 Å². The van der Waals surface area contributed by atoms with E-state index in [-0.39, 0.29) is 17.6 Å². The number of amides is 1. The van der Waals surface area contributed by atoms with Crippen molar-refractivity contribution >= 4 is 5.91 Å². The molecule has 0 saturated carbocycles. The van der Waals surface area contributed by atoms with Crippen molar-refractivity contribution < 1.29 is 9.18 Å². The van der Waals surface area contributed by atoms with Gasteiger partial charge in [-0.2, -0.15) is 5.10 Å². The Bertz CT molecular complexity index is 935. The van der Waals surface area contributed by atoms with Crippen LogP contribution in [-0.4, -0.2) is 27.1 Å². The summed E-state index contributed by atoms with van der Waals surface area (Å²) in [6.45, 7) is 0.938. The molecule has 4 rings (SSSR count). The largest absolute Gasteiger partial charge is 0.338 e. The molecule has 0 radical (unpaired) electrons. The number of carbonyl (C=O) groups is 1. The molecule has 1 aliphatic heterocycles. The van der Waals surface area contributed by atoms with Crippen LogP contribution in [0.4, 0.5) is 4.39 Å². The molecule has 0 spiro atoms. The summed E-state index contributed by atoms with van der Waals surface area (Å²) in [5.41, 5.74) is 3.36. The Labute approximate surface area is 151 Å². The number of nitrogens with zero attached hydrogens (tertiary/aromatic N) is 3. The molecule has 0 N–H and O–H groups in total. The summed E-state index contributed by atoms with van der Waals surface area (Å²) in [6.07, 6.45) is 4.05. The second-order valence-electron chi connectivity index (χ2n) is 6.79. The summed E-state index contributed by atoms with van der Waals surface area (Å²) in [5, 5.41) is 4.12. The third-order valence-corrected chi connectivity index (χ3v) is 4.94. The lowest BCUT2D eigenvalue weighted by Crippen LogP contribution is -2.25. The molecule has 5 heteroatoms. The minimum Gasteiger partial charge on any atom is -0.338 e. The zero-order valence-corrected chi connectivity index (χ0v) is 14.6. The number of halogens is 1. The van der Waals surface area contributed by atoms with E-state index in [1.807, 2.05) is 49.6 Å². The normalized spacial score (nSPS) is 17.1. The van der Waals surface area contributed by atoms with Gasteiger partial charge in [-0.15, -0.1) is 0 Å². The first-order valence-electron chi connectivity index (χ1n) is 8.70. The van der Waals surface area contributed by atoms with E-state index in [0.29, 0.717) is 25.1 Å². The predicted octanol–water partition coefficient (Wildman–Crippen LogP) is 3.74. The molecular weight excluding hydrogens is 329 g/mol. The number of likely N-dealkylation sites (tertiary alicyclic amines) is 1. The molecule has 1 amide bonds. The van der Waals surface area contributed by atoms with Crippen LogP contribution in [0.2, 0.25) is 0 Å². The van der Waals surface area contributed by atoms with Crippen molar-refractivity contribution in [3.05, 3.63) is 77.9 Å². The van der Waals surface area contributed by atoms with Crippen LogP contribution in [0.15, 0.2) is 60.9 Å². The first kappa shape index (κ1) is 16.5. The topological polar surface area (TPSA) is 38.1 Å². The van der Waals surface area contributed by atoms with Crippen LogP contribution in [0.25, 0.3) is 11.1 Å². The number of hydrogen-bond donors (Lipinski definition) is 0. The van der Waals surface area contributed by atoms with Crippen molar-refractivity contribution in [1.29, 1.82) is 0 Å². The Balaban J connectivity index is 1.50. The highest BCUT2D eigenvalue weighted by atomic mass is 19.1. The molecule has 1 saturated heterocycles. The van der Waals surface area contributed by atoms with Gasteiger partial charge in [0.15, 0.2) is 0 Å². The first-order valence-corrected chi connectivity index (χ1v) is 8.70. The fourth-order valence-electron chi connectivity index (χ4n) is 3.50. The fourth-order valence-corrected chi connectivity index (χ4v) is 3.50. The Morgan fingerprint density at radius 2 is 1.96 bits per heavy atom. The van der Waals surface area contributed by atoms with Crippen LogP contribution in [0.1, 0.15) is 23.5 Å². The quantitative estimate of drug-likeness (QED) is 0.720. The van der Waals surface area contributed by atoms with Crippen molar-refractivity contribution in [2.24, 2.45) is 7.05 Å². The predicted molar refractivity (Wildman–Crippen MR) is 97.8 cm³/mol. The van der Waals surface area contributed by atoms with Crippen molar-refractivity contribution in [3.63, 3.8) is 0 Å². The Morgan fingerprint density at radius 3 is 2.65 bits per heavy atom. The minimum absolute atomic E-state index is 0.0783. The summed E-state index contributed by atoms with van der Waals surface area (Å²) in [5.74, 6) is -0.0293. The van der Waals surface area contributed by atoms with Gasteiger partial charge in [0.1, 0.15) is 5.82 Å². The molecule has 0 aliphatic carbocycles. The fraction of sp³-hybridized carbons (Fsp3) is 0.238. The molecule has 1 unspecified atom stereocenters. The standard InChI is InChI=1S/C21H20FN3O/c1-24-12-19(11-23-24)16-7-8-17(20(22)9-16)13-25-14-18(10-21(25)26)15-5-3-2-4-6-15/h2-9,11-12,18H,10,13-14H2,1H3. The van der Waals surface area contributed by atoms with E-state index in [4.69, 9.17) is 0 Å². The van der Waals surface area contributed by atoms with Gasteiger partial charge in [-0.25, -0.2) is 4.39 Å². The second-order valence-corrected chi connectivity index (χ2v) is 6.79. The number of carbonyl (C=O) groups excluding carboxylic acids is 1. The highest BCUT2D eigenvalue weighted by molar-refractivity contribution is 5.79. The monoisotopic (exact) mass is 349 g/mol. The van der Waals surface area contributed by atoms with Gasteiger partial charge < -0.3 is 4.90 Å². The lowest BCUT2D eigenvalue weighted by molar-refractivity contribution is -0.128. The maximum atomic E-state index is 14.6. The molecule has 0 bridgehead atoms. The number of hydrogen-bond acceptors (Lipinski definition) is 2. The van der Waals surface area contributed by atoms with Crippen LogP contribution in [-0.2, 0) is 18.4 Å². The number of aromatic nitrogens is 2. The Kier molecular flexibility index (Phi) is 4.29. The van der Waals surface area contributed by atoms with Gasteiger partial charge in [0.05, 0.1) is 6.20 Å². The van der Waals surface area contributed by atoms with E-state index >= 15 is 0 Å². The molecule has 132 valence electrons. The van der Waals surface area contributed by atoms with Crippen LogP contribution in [0.3, 0.4) is 0 Å². The average molecular weight is 349 g/mol. The molecular formula is C21H20FN3O. The molecule has 26 heavy (non-hydrogen) atoms. The SMILES string of the molecule is Cn1cc(-c2ccc(CN3CC(c4ccccc4)CC3=O)c(F)c2)cn1. The third-order valence-electron chi connectivity index (χ3n) is 4.94.